The van der Waals surface area contributed by atoms with E-state index in [2.05, 4.69) is 16.0 Å². The maximum atomic E-state index is 5.69. The second kappa shape index (κ2) is 4.31. The maximum Gasteiger partial charge on any atom is 0.142 e. The summed E-state index contributed by atoms with van der Waals surface area (Å²) in [6.07, 6.45) is 1.67. The number of H-pyrrole nitrogens is 1. The van der Waals surface area contributed by atoms with Crippen LogP contribution in [-0.2, 0) is 0 Å². The third-order valence-corrected chi connectivity index (χ3v) is 3.25. The van der Waals surface area contributed by atoms with Crippen molar-refractivity contribution < 1.29 is 4.74 Å². The van der Waals surface area contributed by atoms with Gasteiger partial charge >= 0.3 is 0 Å². The molecule has 0 atom stereocenters. The Balaban J connectivity index is 2.29. The summed E-state index contributed by atoms with van der Waals surface area (Å²) in [6, 6.07) is 9.79. The topological polar surface area (TPSA) is 63.9 Å². The van der Waals surface area contributed by atoms with Crippen molar-refractivity contribution in [3.8, 4) is 17.0 Å². The fourth-order valence-corrected chi connectivity index (χ4v) is 2.37. The predicted molar refractivity (Wildman–Crippen MR) is 77.2 cm³/mol. The van der Waals surface area contributed by atoms with Gasteiger partial charge < -0.3 is 15.5 Å². The summed E-state index contributed by atoms with van der Waals surface area (Å²) >= 11 is 0. The molecule has 1 aromatic carbocycles. The summed E-state index contributed by atoms with van der Waals surface area (Å²) in [7, 11) is 1.67. The number of hydrogen-bond acceptors (Lipinski definition) is 3. The van der Waals surface area contributed by atoms with Gasteiger partial charge in [-0.3, -0.25) is 4.98 Å². The minimum absolute atomic E-state index is 0.666. The van der Waals surface area contributed by atoms with Crippen molar-refractivity contribution in [3.05, 3.63) is 42.2 Å². The van der Waals surface area contributed by atoms with Crippen molar-refractivity contribution >= 4 is 16.6 Å². The van der Waals surface area contributed by atoms with Gasteiger partial charge in [-0.25, -0.2) is 0 Å². The SMILES string of the molecule is COc1cccc2c(-c3ccc(N)cn3)c(C)[nH]c12. The summed E-state index contributed by atoms with van der Waals surface area (Å²) in [5.74, 6) is 0.835. The van der Waals surface area contributed by atoms with Crippen molar-refractivity contribution in [1.29, 1.82) is 0 Å². The fourth-order valence-electron chi connectivity index (χ4n) is 2.37. The molecule has 0 unspecified atom stereocenters. The molecule has 2 heterocycles. The van der Waals surface area contributed by atoms with E-state index in [1.807, 2.05) is 31.2 Å². The summed E-state index contributed by atoms with van der Waals surface area (Å²) in [6.45, 7) is 2.03. The van der Waals surface area contributed by atoms with Crippen LogP contribution in [0.1, 0.15) is 5.69 Å². The molecule has 2 aromatic heterocycles. The number of benzene rings is 1. The standard InChI is InChI=1S/C15H15N3O/c1-9-14(12-7-6-10(16)8-17-12)11-4-3-5-13(19-2)15(11)18-9/h3-8,18H,16H2,1-2H3. The zero-order chi connectivity index (χ0) is 13.4. The number of methoxy groups -OCH3 is 1. The number of hydrogen-bond donors (Lipinski definition) is 2. The van der Waals surface area contributed by atoms with Crippen LogP contribution in [0, 0.1) is 6.92 Å². The second-order valence-electron chi connectivity index (χ2n) is 4.48. The molecule has 0 fully saturated rings. The van der Waals surface area contributed by atoms with Gasteiger partial charge in [0.1, 0.15) is 5.75 Å². The lowest BCUT2D eigenvalue weighted by atomic mass is 10.1. The van der Waals surface area contributed by atoms with Crippen molar-refractivity contribution in [2.45, 2.75) is 6.92 Å². The van der Waals surface area contributed by atoms with E-state index in [4.69, 9.17) is 10.5 Å². The minimum Gasteiger partial charge on any atom is -0.495 e. The van der Waals surface area contributed by atoms with Crippen molar-refractivity contribution in [1.82, 2.24) is 9.97 Å². The van der Waals surface area contributed by atoms with Crippen LogP contribution in [0.3, 0.4) is 0 Å². The number of aryl methyl sites for hydroxylation is 1. The third-order valence-electron chi connectivity index (χ3n) is 3.25. The quantitative estimate of drug-likeness (QED) is 0.737. The number of nitrogens with two attached hydrogens (primary N) is 1. The van der Waals surface area contributed by atoms with E-state index in [0.29, 0.717) is 5.69 Å². The minimum atomic E-state index is 0.666. The molecular weight excluding hydrogens is 238 g/mol. The Morgan fingerprint density at radius 2 is 2.05 bits per heavy atom. The van der Waals surface area contributed by atoms with E-state index in [1.165, 1.54) is 0 Å². The lowest BCUT2D eigenvalue weighted by molar-refractivity contribution is 0.419. The molecule has 19 heavy (non-hydrogen) atoms. The number of anilines is 1. The van der Waals surface area contributed by atoms with Gasteiger partial charge in [0.05, 0.1) is 30.2 Å². The summed E-state index contributed by atoms with van der Waals surface area (Å²) in [4.78, 5) is 7.76. The molecule has 0 bridgehead atoms. The highest BCUT2D eigenvalue weighted by Crippen LogP contribution is 2.35. The van der Waals surface area contributed by atoms with Crippen molar-refractivity contribution in [3.63, 3.8) is 0 Å². The van der Waals surface area contributed by atoms with Gasteiger partial charge in [0, 0.05) is 16.6 Å². The Morgan fingerprint density at radius 3 is 2.74 bits per heavy atom. The molecule has 4 heteroatoms. The Kier molecular flexibility index (Phi) is 2.63. The molecule has 0 amide bonds. The highest BCUT2D eigenvalue weighted by molar-refractivity contribution is 5.99. The highest BCUT2D eigenvalue weighted by atomic mass is 16.5. The average molecular weight is 253 g/mol. The first-order valence-corrected chi connectivity index (χ1v) is 6.08. The summed E-state index contributed by atoms with van der Waals surface area (Å²) in [5.41, 5.74) is 10.4. The second-order valence-corrected chi connectivity index (χ2v) is 4.48. The van der Waals surface area contributed by atoms with Crippen LogP contribution in [0.25, 0.3) is 22.2 Å². The molecule has 3 rings (SSSR count). The molecule has 4 nitrogen and oxygen atoms in total. The molecule has 0 saturated carbocycles. The van der Waals surface area contributed by atoms with Gasteiger partial charge in [-0.1, -0.05) is 12.1 Å². The van der Waals surface area contributed by atoms with Crippen LogP contribution in [0.15, 0.2) is 36.5 Å². The number of nitrogen functional groups attached to an aromatic ring is 1. The van der Waals surface area contributed by atoms with Crippen LogP contribution in [0.5, 0.6) is 5.75 Å². The maximum absolute atomic E-state index is 5.69. The molecular formula is C15H15N3O. The normalized spacial score (nSPS) is 10.8. The third kappa shape index (κ3) is 1.81. The number of ether oxygens (including phenoxy) is 1. The first-order valence-electron chi connectivity index (χ1n) is 6.08. The fraction of sp³-hybridized carbons (Fsp3) is 0.133. The van der Waals surface area contributed by atoms with Gasteiger partial charge in [0.15, 0.2) is 0 Å². The number of nitrogens with zero attached hydrogens (tertiary/aromatic N) is 1. The van der Waals surface area contributed by atoms with E-state index in [-0.39, 0.29) is 0 Å². The molecule has 0 spiro atoms. The van der Waals surface area contributed by atoms with Crippen LogP contribution < -0.4 is 10.5 Å². The molecule has 0 aliphatic rings. The Hall–Kier alpha value is -2.49. The monoisotopic (exact) mass is 253 g/mol. The van der Waals surface area contributed by atoms with E-state index in [1.54, 1.807) is 13.3 Å². The Morgan fingerprint density at radius 1 is 1.21 bits per heavy atom. The summed E-state index contributed by atoms with van der Waals surface area (Å²) < 4.78 is 5.38. The summed E-state index contributed by atoms with van der Waals surface area (Å²) in [5, 5.41) is 1.11. The van der Waals surface area contributed by atoms with E-state index in [0.717, 1.165) is 33.6 Å². The van der Waals surface area contributed by atoms with Gasteiger partial charge in [0.2, 0.25) is 0 Å². The van der Waals surface area contributed by atoms with Crippen LogP contribution in [0.2, 0.25) is 0 Å². The first kappa shape index (κ1) is 11.6. The number of rotatable bonds is 2. The number of fused-ring (bicyclic) bond motifs is 1. The smallest absolute Gasteiger partial charge is 0.142 e. The van der Waals surface area contributed by atoms with Crippen LogP contribution in [-0.4, -0.2) is 17.1 Å². The van der Waals surface area contributed by atoms with Gasteiger partial charge in [0.25, 0.3) is 0 Å². The highest BCUT2D eigenvalue weighted by Gasteiger charge is 2.14. The lowest BCUT2D eigenvalue weighted by Gasteiger charge is -2.03. The van der Waals surface area contributed by atoms with Gasteiger partial charge in [-0.15, -0.1) is 0 Å². The molecule has 0 aliphatic carbocycles. The Bertz CT molecular complexity index is 729. The largest absolute Gasteiger partial charge is 0.495 e. The molecule has 96 valence electrons. The van der Waals surface area contributed by atoms with E-state index >= 15 is 0 Å². The van der Waals surface area contributed by atoms with Crippen LogP contribution in [0.4, 0.5) is 5.69 Å². The Labute approximate surface area is 111 Å². The van der Waals surface area contributed by atoms with Crippen molar-refractivity contribution in [2.24, 2.45) is 0 Å². The number of para-hydroxylation sites is 1. The number of aromatic amines is 1. The van der Waals surface area contributed by atoms with Gasteiger partial charge in [-0.2, -0.15) is 0 Å². The van der Waals surface area contributed by atoms with E-state index < -0.39 is 0 Å². The molecule has 3 N–H and O–H groups in total. The zero-order valence-electron chi connectivity index (χ0n) is 10.9. The molecule has 0 aliphatic heterocycles. The zero-order valence-corrected chi connectivity index (χ0v) is 10.9. The molecule has 0 radical (unpaired) electrons. The number of aromatic nitrogens is 2. The van der Waals surface area contributed by atoms with Gasteiger partial charge in [-0.05, 0) is 25.1 Å². The first-order chi connectivity index (χ1) is 9.20. The predicted octanol–water partition coefficient (Wildman–Crippen LogP) is 3.13. The molecule has 0 saturated heterocycles. The van der Waals surface area contributed by atoms with E-state index in [9.17, 15) is 0 Å². The average Bonchev–Trinajstić information content (AvgIpc) is 2.76. The number of pyridine rings is 1. The lowest BCUT2D eigenvalue weighted by Crippen LogP contribution is -1.88. The number of nitrogens with one attached hydrogen (secondary N) is 1. The molecule has 3 aromatic rings. The van der Waals surface area contributed by atoms with Crippen molar-refractivity contribution in [2.75, 3.05) is 12.8 Å². The van der Waals surface area contributed by atoms with Crippen LogP contribution >= 0.6 is 0 Å².